The van der Waals surface area contributed by atoms with Crippen molar-refractivity contribution in [1.29, 1.82) is 0 Å². The lowest BCUT2D eigenvalue weighted by Gasteiger charge is -2.31. The highest BCUT2D eigenvalue weighted by atomic mass is 35.5. The summed E-state index contributed by atoms with van der Waals surface area (Å²) < 4.78 is 0. The summed E-state index contributed by atoms with van der Waals surface area (Å²) in [5.74, 6) is -1.19. The molecule has 0 unspecified atom stereocenters. The topological polar surface area (TPSA) is 86.8 Å². The van der Waals surface area contributed by atoms with Crippen molar-refractivity contribution in [3.05, 3.63) is 69.2 Å². The number of hydrogen-bond acceptors (Lipinski definition) is 4. The molecule has 0 bridgehead atoms. The fraction of sp³-hybridized carbons (Fsp3) is 0.385. The molecule has 4 amide bonds. The van der Waals surface area contributed by atoms with Crippen LogP contribution in [0.15, 0.2) is 42.5 Å². The van der Waals surface area contributed by atoms with Gasteiger partial charge in [0.2, 0.25) is 11.8 Å². The molecule has 0 aromatic heterocycles. The van der Waals surface area contributed by atoms with Crippen LogP contribution < -0.4 is 5.32 Å². The number of carbonyl (C=O) groups is 4. The Morgan fingerprint density at radius 1 is 1.03 bits per heavy atom. The van der Waals surface area contributed by atoms with Crippen LogP contribution >= 0.6 is 23.2 Å². The van der Waals surface area contributed by atoms with Crippen molar-refractivity contribution in [1.82, 2.24) is 15.1 Å². The van der Waals surface area contributed by atoms with Gasteiger partial charge in [-0.15, -0.1) is 0 Å². The Morgan fingerprint density at radius 2 is 1.69 bits per heavy atom. The third-order valence-corrected chi connectivity index (χ3v) is 6.53. The SMILES string of the molecule is CCCNC(=O)[C@H](CC)N(Cc1ccc(Cl)cc1Cl)C(=O)CCCN1C(=O)c2ccccc2C1=O. The van der Waals surface area contributed by atoms with E-state index in [0.29, 0.717) is 39.7 Å². The average Bonchev–Trinajstić information content (AvgIpc) is 3.08. The number of fused-ring (bicyclic) bond motifs is 1. The summed E-state index contributed by atoms with van der Waals surface area (Å²) in [6.07, 6.45) is 1.54. The van der Waals surface area contributed by atoms with Gasteiger partial charge < -0.3 is 10.2 Å². The fourth-order valence-corrected chi connectivity index (χ4v) is 4.56. The van der Waals surface area contributed by atoms with Gasteiger partial charge in [-0.1, -0.05) is 55.2 Å². The highest BCUT2D eigenvalue weighted by Crippen LogP contribution is 2.25. The lowest BCUT2D eigenvalue weighted by atomic mass is 10.1. The van der Waals surface area contributed by atoms with Crippen LogP contribution in [0, 0.1) is 0 Å². The molecule has 0 fully saturated rings. The van der Waals surface area contributed by atoms with E-state index in [0.717, 1.165) is 6.42 Å². The predicted molar refractivity (Wildman–Crippen MR) is 135 cm³/mol. The summed E-state index contributed by atoms with van der Waals surface area (Å²) in [5, 5.41) is 3.75. The molecule has 1 aliphatic rings. The van der Waals surface area contributed by atoms with E-state index in [4.69, 9.17) is 23.2 Å². The van der Waals surface area contributed by atoms with Gasteiger partial charge in [0.1, 0.15) is 6.04 Å². The minimum absolute atomic E-state index is 0.0656. The molecule has 3 rings (SSSR count). The van der Waals surface area contributed by atoms with E-state index in [1.807, 2.05) is 13.8 Å². The number of rotatable bonds is 11. The number of carbonyl (C=O) groups excluding carboxylic acids is 4. The Bertz CT molecular complexity index is 1090. The van der Waals surface area contributed by atoms with E-state index in [1.165, 1.54) is 9.80 Å². The van der Waals surface area contributed by atoms with Crippen molar-refractivity contribution in [3.8, 4) is 0 Å². The minimum atomic E-state index is -0.680. The third-order valence-electron chi connectivity index (χ3n) is 5.94. The van der Waals surface area contributed by atoms with Gasteiger partial charge in [0, 0.05) is 36.1 Å². The van der Waals surface area contributed by atoms with Gasteiger partial charge >= 0.3 is 0 Å². The predicted octanol–water partition coefficient (Wildman–Crippen LogP) is 4.70. The van der Waals surface area contributed by atoms with E-state index < -0.39 is 6.04 Å². The maximum Gasteiger partial charge on any atom is 0.261 e. The molecule has 0 saturated carbocycles. The standard InChI is InChI=1S/C26H29Cl2N3O4/c1-3-13-29-24(33)22(4-2)31(16-17-11-12-18(27)15-21(17)28)23(32)10-7-14-30-25(34)19-8-5-6-9-20(19)26(30)35/h5-6,8-9,11-12,15,22H,3-4,7,10,13-14,16H2,1-2H3,(H,29,33)/t22-/m0/s1. The number of halogens is 2. The summed E-state index contributed by atoms with van der Waals surface area (Å²) in [6.45, 7) is 4.57. The van der Waals surface area contributed by atoms with Crippen LogP contribution in [0.1, 0.15) is 65.8 Å². The second-order valence-electron chi connectivity index (χ2n) is 8.38. The normalized spacial score (nSPS) is 13.5. The first kappa shape index (κ1) is 26.7. The molecule has 9 heteroatoms. The molecule has 7 nitrogen and oxygen atoms in total. The van der Waals surface area contributed by atoms with Crippen molar-refractivity contribution < 1.29 is 19.2 Å². The van der Waals surface area contributed by atoms with Gasteiger partial charge in [0.25, 0.3) is 11.8 Å². The van der Waals surface area contributed by atoms with Crippen molar-refractivity contribution >= 4 is 46.8 Å². The maximum atomic E-state index is 13.3. The van der Waals surface area contributed by atoms with Crippen LogP contribution in [0.5, 0.6) is 0 Å². The molecule has 0 radical (unpaired) electrons. The van der Waals surface area contributed by atoms with E-state index in [1.54, 1.807) is 42.5 Å². The van der Waals surface area contributed by atoms with Crippen LogP contribution in [-0.4, -0.2) is 52.6 Å². The zero-order chi connectivity index (χ0) is 25.5. The van der Waals surface area contributed by atoms with Crippen molar-refractivity contribution in [2.24, 2.45) is 0 Å². The molecule has 1 atom stereocenters. The summed E-state index contributed by atoms with van der Waals surface area (Å²) >= 11 is 12.4. The zero-order valence-corrected chi connectivity index (χ0v) is 21.4. The Morgan fingerprint density at radius 3 is 2.26 bits per heavy atom. The first-order valence-corrected chi connectivity index (χ1v) is 12.5. The molecule has 1 heterocycles. The molecule has 2 aromatic carbocycles. The molecular weight excluding hydrogens is 489 g/mol. The van der Waals surface area contributed by atoms with Crippen molar-refractivity contribution in [3.63, 3.8) is 0 Å². The number of benzene rings is 2. The van der Waals surface area contributed by atoms with Gasteiger partial charge in [-0.2, -0.15) is 0 Å². The third kappa shape index (κ3) is 6.21. The number of nitrogens with one attached hydrogen (secondary N) is 1. The second-order valence-corrected chi connectivity index (χ2v) is 9.23. The first-order valence-electron chi connectivity index (χ1n) is 11.7. The number of amides is 4. The molecule has 1 N–H and O–H groups in total. The average molecular weight is 518 g/mol. The van der Waals surface area contributed by atoms with Gasteiger partial charge in [-0.05, 0) is 49.1 Å². The monoisotopic (exact) mass is 517 g/mol. The molecule has 0 aliphatic carbocycles. The lowest BCUT2D eigenvalue weighted by molar-refractivity contribution is -0.141. The Balaban J connectivity index is 1.72. The molecule has 0 saturated heterocycles. The van der Waals surface area contributed by atoms with Gasteiger partial charge in [0.15, 0.2) is 0 Å². The molecule has 2 aromatic rings. The van der Waals surface area contributed by atoms with Crippen LogP contribution in [0.3, 0.4) is 0 Å². The fourth-order valence-electron chi connectivity index (χ4n) is 4.09. The van der Waals surface area contributed by atoms with Crippen molar-refractivity contribution in [2.75, 3.05) is 13.1 Å². The molecule has 1 aliphatic heterocycles. The molecular formula is C26H29Cl2N3O4. The quantitative estimate of drug-likeness (QED) is 0.437. The van der Waals surface area contributed by atoms with Crippen LogP contribution in [0.4, 0.5) is 0 Å². The number of nitrogens with zero attached hydrogens (tertiary/aromatic N) is 2. The van der Waals surface area contributed by atoms with Crippen LogP contribution in [-0.2, 0) is 16.1 Å². The van der Waals surface area contributed by atoms with E-state index in [9.17, 15) is 19.2 Å². The van der Waals surface area contributed by atoms with Crippen LogP contribution in [0.25, 0.3) is 0 Å². The summed E-state index contributed by atoms with van der Waals surface area (Å²) in [5.41, 5.74) is 1.43. The summed E-state index contributed by atoms with van der Waals surface area (Å²) in [7, 11) is 0. The molecule has 0 spiro atoms. The number of imide groups is 1. The Hall–Kier alpha value is -2.90. The van der Waals surface area contributed by atoms with E-state index in [2.05, 4.69) is 5.32 Å². The summed E-state index contributed by atoms with van der Waals surface area (Å²) in [4.78, 5) is 54.1. The van der Waals surface area contributed by atoms with Crippen LogP contribution in [0.2, 0.25) is 10.0 Å². The summed E-state index contributed by atoms with van der Waals surface area (Å²) in [6, 6.07) is 11.0. The van der Waals surface area contributed by atoms with Gasteiger partial charge in [-0.3, -0.25) is 24.1 Å². The van der Waals surface area contributed by atoms with Gasteiger partial charge in [-0.25, -0.2) is 0 Å². The Kier molecular flexibility index (Phi) is 9.29. The van der Waals surface area contributed by atoms with Crippen molar-refractivity contribution in [2.45, 2.75) is 52.1 Å². The highest BCUT2D eigenvalue weighted by Gasteiger charge is 2.35. The zero-order valence-electron chi connectivity index (χ0n) is 19.9. The smallest absolute Gasteiger partial charge is 0.261 e. The second kappa shape index (κ2) is 12.2. The minimum Gasteiger partial charge on any atom is -0.354 e. The van der Waals surface area contributed by atoms with E-state index in [-0.39, 0.29) is 49.6 Å². The van der Waals surface area contributed by atoms with E-state index >= 15 is 0 Å². The Labute approximate surface area is 215 Å². The highest BCUT2D eigenvalue weighted by molar-refractivity contribution is 6.35. The first-order chi connectivity index (χ1) is 16.8. The number of hydrogen-bond donors (Lipinski definition) is 1. The molecule has 35 heavy (non-hydrogen) atoms. The lowest BCUT2D eigenvalue weighted by Crippen LogP contribution is -2.49. The van der Waals surface area contributed by atoms with Gasteiger partial charge in [0.05, 0.1) is 11.1 Å². The molecule has 186 valence electrons. The largest absolute Gasteiger partial charge is 0.354 e. The maximum absolute atomic E-state index is 13.3.